The van der Waals surface area contributed by atoms with Gasteiger partial charge in [0.25, 0.3) is 0 Å². The van der Waals surface area contributed by atoms with Gasteiger partial charge in [0.15, 0.2) is 0 Å². The highest BCUT2D eigenvalue weighted by molar-refractivity contribution is 9.10. The number of nitrogens with one attached hydrogen (secondary N) is 2. The van der Waals surface area contributed by atoms with Crippen molar-refractivity contribution < 1.29 is 4.39 Å². The first kappa shape index (κ1) is 15.7. The van der Waals surface area contributed by atoms with E-state index in [4.69, 9.17) is 0 Å². The Balaban J connectivity index is 1.92. The standard InChI is InChI=1S/C15H18BrFN4/c1-2-7-19-15-20-10-13(16)14(21-15)18-8-6-11-4-3-5-12(17)9-11/h3-5,9-10H,2,6-8H2,1H3,(H2,18,19,20,21). The van der Waals surface area contributed by atoms with E-state index < -0.39 is 0 Å². The molecule has 0 radical (unpaired) electrons. The monoisotopic (exact) mass is 352 g/mol. The van der Waals surface area contributed by atoms with E-state index in [1.807, 2.05) is 6.07 Å². The lowest BCUT2D eigenvalue weighted by Crippen LogP contribution is -2.10. The molecule has 4 nitrogen and oxygen atoms in total. The van der Waals surface area contributed by atoms with Gasteiger partial charge < -0.3 is 10.6 Å². The van der Waals surface area contributed by atoms with Crippen LogP contribution in [0.5, 0.6) is 0 Å². The van der Waals surface area contributed by atoms with Crippen LogP contribution in [0.2, 0.25) is 0 Å². The zero-order valence-corrected chi connectivity index (χ0v) is 13.5. The predicted molar refractivity (Wildman–Crippen MR) is 87.1 cm³/mol. The van der Waals surface area contributed by atoms with Gasteiger partial charge in [0.1, 0.15) is 11.6 Å². The van der Waals surface area contributed by atoms with E-state index in [-0.39, 0.29) is 5.82 Å². The lowest BCUT2D eigenvalue weighted by molar-refractivity contribution is 0.625. The van der Waals surface area contributed by atoms with Gasteiger partial charge >= 0.3 is 0 Å². The molecule has 0 aliphatic heterocycles. The van der Waals surface area contributed by atoms with Crippen LogP contribution >= 0.6 is 15.9 Å². The van der Waals surface area contributed by atoms with Gasteiger partial charge in [0.2, 0.25) is 5.95 Å². The van der Waals surface area contributed by atoms with Crippen molar-refractivity contribution >= 4 is 27.7 Å². The molecule has 2 aromatic rings. The highest BCUT2D eigenvalue weighted by Gasteiger charge is 2.04. The molecule has 112 valence electrons. The van der Waals surface area contributed by atoms with Gasteiger partial charge in [0.05, 0.1) is 4.47 Å². The van der Waals surface area contributed by atoms with Crippen LogP contribution in [0.15, 0.2) is 34.9 Å². The summed E-state index contributed by atoms with van der Waals surface area (Å²) in [6.07, 6.45) is 3.46. The molecule has 1 aromatic carbocycles. The second-order valence-electron chi connectivity index (χ2n) is 4.62. The Labute approximate surface area is 132 Å². The lowest BCUT2D eigenvalue weighted by atomic mass is 10.1. The molecule has 2 rings (SSSR count). The van der Waals surface area contributed by atoms with Crippen molar-refractivity contribution in [3.05, 3.63) is 46.3 Å². The summed E-state index contributed by atoms with van der Waals surface area (Å²) < 4.78 is 13.9. The molecule has 0 fully saturated rings. The van der Waals surface area contributed by atoms with Crippen LogP contribution in [-0.2, 0) is 6.42 Å². The van der Waals surface area contributed by atoms with Crippen molar-refractivity contribution in [2.45, 2.75) is 19.8 Å². The molecule has 0 saturated heterocycles. The molecule has 0 saturated carbocycles. The highest BCUT2D eigenvalue weighted by Crippen LogP contribution is 2.20. The summed E-state index contributed by atoms with van der Waals surface area (Å²) >= 11 is 3.42. The predicted octanol–water partition coefficient (Wildman–Crippen LogP) is 3.85. The number of halogens is 2. The van der Waals surface area contributed by atoms with E-state index in [2.05, 4.69) is 43.5 Å². The topological polar surface area (TPSA) is 49.8 Å². The molecule has 1 heterocycles. The van der Waals surface area contributed by atoms with Crippen molar-refractivity contribution in [2.75, 3.05) is 23.7 Å². The molecule has 0 amide bonds. The van der Waals surface area contributed by atoms with Crippen molar-refractivity contribution in [1.82, 2.24) is 9.97 Å². The number of hydrogen-bond acceptors (Lipinski definition) is 4. The Morgan fingerprint density at radius 2 is 2.10 bits per heavy atom. The molecule has 21 heavy (non-hydrogen) atoms. The number of hydrogen-bond donors (Lipinski definition) is 2. The Kier molecular flexibility index (Phi) is 5.92. The smallest absolute Gasteiger partial charge is 0.224 e. The van der Waals surface area contributed by atoms with Crippen LogP contribution in [0, 0.1) is 5.82 Å². The summed E-state index contributed by atoms with van der Waals surface area (Å²) in [4.78, 5) is 8.60. The Hall–Kier alpha value is -1.69. The van der Waals surface area contributed by atoms with Gasteiger partial charge in [-0.2, -0.15) is 4.98 Å². The number of anilines is 2. The van der Waals surface area contributed by atoms with Crippen LogP contribution in [0.25, 0.3) is 0 Å². The maximum absolute atomic E-state index is 13.1. The van der Waals surface area contributed by atoms with E-state index in [0.717, 1.165) is 35.2 Å². The van der Waals surface area contributed by atoms with Gasteiger partial charge in [0, 0.05) is 19.3 Å². The first-order valence-electron chi connectivity index (χ1n) is 6.93. The summed E-state index contributed by atoms with van der Waals surface area (Å²) in [6, 6.07) is 6.63. The minimum absolute atomic E-state index is 0.207. The van der Waals surface area contributed by atoms with Crippen molar-refractivity contribution in [1.29, 1.82) is 0 Å². The SMILES string of the molecule is CCCNc1ncc(Br)c(NCCc2cccc(F)c2)n1. The number of aromatic nitrogens is 2. The molecule has 0 spiro atoms. The lowest BCUT2D eigenvalue weighted by Gasteiger charge is -2.10. The molecule has 0 bridgehead atoms. The summed E-state index contributed by atoms with van der Waals surface area (Å²) in [7, 11) is 0. The second kappa shape index (κ2) is 7.93. The van der Waals surface area contributed by atoms with Gasteiger partial charge in [-0.3, -0.25) is 0 Å². The third kappa shape index (κ3) is 4.97. The fraction of sp³-hybridized carbons (Fsp3) is 0.333. The molecule has 1 aromatic heterocycles. The molecule has 6 heteroatoms. The molecular formula is C15H18BrFN4. The quantitative estimate of drug-likeness (QED) is 0.794. The summed E-state index contributed by atoms with van der Waals surface area (Å²) in [6.45, 7) is 3.60. The molecule has 0 aliphatic carbocycles. The first-order valence-corrected chi connectivity index (χ1v) is 7.73. The average molecular weight is 353 g/mol. The number of nitrogens with zero attached hydrogens (tertiary/aromatic N) is 2. The Morgan fingerprint density at radius 3 is 2.86 bits per heavy atom. The number of benzene rings is 1. The van der Waals surface area contributed by atoms with Crippen LogP contribution < -0.4 is 10.6 Å². The van der Waals surface area contributed by atoms with Gasteiger partial charge in [-0.05, 0) is 46.5 Å². The maximum Gasteiger partial charge on any atom is 0.224 e. The van der Waals surface area contributed by atoms with E-state index >= 15 is 0 Å². The Morgan fingerprint density at radius 1 is 1.24 bits per heavy atom. The minimum atomic E-state index is -0.207. The van der Waals surface area contributed by atoms with Crippen molar-refractivity contribution in [3.8, 4) is 0 Å². The highest BCUT2D eigenvalue weighted by atomic mass is 79.9. The van der Waals surface area contributed by atoms with E-state index in [1.54, 1.807) is 18.3 Å². The van der Waals surface area contributed by atoms with E-state index in [0.29, 0.717) is 12.5 Å². The molecule has 2 N–H and O–H groups in total. The fourth-order valence-electron chi connectivity index (χ4n) is 1.83. The first-order chi connectivity index (χ1) is 10.2. The molecular weight excluding hydrogens is 335 g/mol. The van der Waals surface area contributed by atoms with Crippen LogP contribution in [-0.4, -0.2) is 23.1 Å². The number of rotatable bonds is 7. The van der Waals surface area contributed by atoms with Crippen molar-refractivity contribution in [2.24, 2.45) is 0 Å². The zero-order chi connectivity index (χ0) is 15.1. The largest absolute Gasteiger partial charge is 0.369 e. The summed E-state index contributed by atoms with van der Waals surface area (Å²) in [5.74, 6) is 1.13. The van der Waals surface area contributed by atoms with Crippen molar-refractivity contribution in [3.63, 3.8) is 0 Å². The van der Waals surface area contributed by atoms with Gasteiger partial charge in [-0.25, -0.2) is 9.37 Å². The minimum Gasteiger partial charge on any atom is -0.369 e. The van der Waals surface area contributed by atoms with Crippen LogP contribution in [0.3, 0.4) is 0 Å². The fourth-order valence-corrected chi connectivity index (χ4v) is 2.16. The third-order valence-electron chi connectivity index (χ3n) is 2.87. The maximum atomic E-state index is 13.1. The van der Waals surface area contributed by atoms with Crippen LogP contribution in [0.4, 0.5) is 16.2 Å². The average Bonchev–Trinajstić information content (AvgIpc) is 2.48. The summed E-state index contributed by atoms with van der Waals surface area (Å²) in [5.41, 5.74) is 0.956. The van der Waals surface area contributed by atoms with Gasteiger partial charge in [-0.1, -0.05) is 19.1 Å². The second-order valence-corrected chi connectivity index (χ2v) is 5.48. The summed E-state index contributed by atoms with van der Waals surface area (Å²) in [5, 5.41) is 6.38. The van der Waals surface area contributed by atoms with E-state index in [1.165, 1.54) is 6.07 Å². The molecule has 0 unspecified atom stereocenters. The van der Waals surface area contributed by atoms with Crippen LogP contribution in [0.1, 0.15) is 18.9 Å². The molecule has 0 atom stereocenters. The molecule has 0 aliphatic rings. The zero-order valence-electron chi connectivity index (χ0n) is 11.9. The third-order valence-corrected chi connectivity index (χ3v) is 3.45. The Bertz CT molecular complexity index is 592. The van der Waals surface area contributed by atoms with E-state index in [9.17, 15) is 4.39 Å². The van der Waals surface area contributed by atoms with Gasteiger partial charge in [-0.15, -0.1) is 0 Å². The normalized spacial score (nSPS) is 10.4.